The Morgan fingerprint density at radius 1 is 0.774 bits per heavy atom. The Balaban J connectivity index is 1.45. The molecule has 1 aliphatic rings. The van der Waals surface area contributed by atoms with Gasteiger partial charge in [0.05, 0.1) is 24.3 Å². The molecule has 1 heterocycles. The minimum absolute atomic E-state index is 0.0295. The van der Waals surface area contributed by atoms with Crippen molar-refractivity contribution in [2.24, 2.45) is 0 Å². The van der Waals surface area contributed by atoms with E-state index in [2.05, 4.69) is 15.9 Å². The first kappa shape index (κ1) is 38.5. The Kier molecular flexibility index (Phi) is 10.2. The number of carboxylic acids is 1. The van der Waals surface area contributed by atoms with E-state index in [0.29, 0.717) is 33.2 Å². The maximum Gasteiger partial charge on any atom is 0.356 e. The summed E-state index contributed by atoms with van der Waals surface area (Å²) in [6.45, 7) is 12.5. The number of aryl methyl sites for hydroxylation is 1. The van der Waals surface area contributed by atoms with Crippen molar-refractivity contribution in [3.63, 3.8) is 0 Å². The number of phenols is 1. The van der Waals surface area contributed by atoms with Gasteiger partial charge < -0.3 is 38.7 Å². The van der Waals surface area contributed by atoms with Crippen molar-refractivity contribution in [1.82, 2.24) is 0 Å². The van der Waals surface area contributed by atoms with Gasteiger partial charge in [0.2, 0.25) is 5.60 Å². The van der Waals surface area contributed by atoms with Crippen molar-refractivity contribution in [2.45, 2.75) is 61.0 Å². The number of aliphatic hydroxyl groups is 1. The number of allylic oxidation sites excluding steroid dienone is 2. The highest BCUT2D eigenvalue weighted by molar-refractivity contribution is 9.10. The predicted molar refractivity (Wildman–Crippen MR) is 193 cm³/mol. The number of carboxylic acid groups (broad SMARTS) is 1. The molecule has 3 aromatic carbocycles. The number of aromatic hydroxyl groups is 1. The molecule has 1 aromatic heterocycles. The van der Waals surface area contributed by atoms with Crippen LogP contribution in [0.1, 0.15) is 76.9 Å². The lowest BCUT2D eigenvalue weighted by molar-refractivity contribution is -0.151. The van der Waals surface area contributed by atoms with Gasteiger partial charge in [-0.15, -0.1) is 0 Å². The summed E-state index contributed by atoms with van der Waals surface area (Å²) in [6, 6.07) is 3.00. The summed E-state index contributed by atoms with van der Waals surface area (Å²) in [4.78, 5) is 64.6. The zero-order chi connectivity index (χ0) is 39.4. The van der Waals surface area contributed by atoms with Gasteiger partial charge in [-0.05, 0) is 134 Å². The number of carbonyl (C=O) groups is 5. The van der Waals surface area contributed by atoms with Crippen LogP contribution in [-0.2, 0) is 14.3 Å². The van der Waals surface area contributed by atoms with E-state index >= 15 is 0 Å². The molecule has 0 fully saturated rings. The number of ketones is 1. The number of hydrogen-bond donors (Lipinski definition) is 3. The Morgan fingerprint density at radius 3 is 1.98 bits per heavy atom. The van der Waals surface area contributed by atoms with Crippen molar-refractivity contribution >= 4 is 56.6 Å². The van der Waals surface area contributed by atoms with Crippen LogP contribution < -0.4 is 14.2 Å². The topological polar surface area (TPSA) is 196 Å². The number of fused-ring (bicyclic) bond motifs is 1. The lowest BCUT2D eigenvalue weighted by Crippen LogP contribution is -2.47. The van der Waals surface area contributed by atoms with Crippen LogP contribution >= 0.6 is 15.9 Å². The fourth-order valence-corrected chi connectivity index (χ4v) is 6.85. The summed E-state index contributed by atoms with van der Waals surface area (Å²) < 4.78 is 27.6. The molecule has 14 heteroatoms. The fraction of sp³-hybridized carbons (Fsp3) is 0.256. The first-order valence-corrected chi connectivity index (χ1v) is 16.8. The van der Waals surface area contributed by atoms with E-state index in [4.69, 9.17) is 23.4 Å². The van der Waals surface area contributed by atoms with Crippen LogP contribution in [0.3, 0.4) is 0 Å². The number of aromatic carboxylic acids is 1. The zero-order valence-corrected chi connectivity index (χ0v) is 31.8. The SMILES string of the molecule is COC1=CC(=O)C=C(C)[C@]1(O)C(=O)Oc1c(C)c(C)c(C(=O)Oc2cc(C)c(C(=O)Oc3c(C)c(C)c(C(=O)O)c4occc34)c(C)c2C)c(O)c1Br. The smallest absolute Gasteiger partial charge is 0.356 e. The number of furan rings is 1. The van der Waals surface area contributed by atoms with Crippen LogP contribution in [-0.4, -0.2) is 57.7 Å². The lowest BCUT2D eigenvalue weighted by atomic mass is 9.87. The van der Waals surface area contributed by atoms with Gasteiger partial charge in [0, 0.05) is 6.08 Å². The van der Waals surface area contributed by atoms with E-state index in [1.807, 2.05) is 0 Å². The molecule has 0 radical (unpaired) electrons. The van der Waals surface area contributed by atoms with Gasteiger partial charge >= 0.3 is 23.9 Å². The molecule has 3 N–H and O–H groups in total. The molecule has 0 aliphatic heterocycles. The number of hydrogen-bond acceptors (Lipinski definition) is 12. The van der Waals surface area contributed by atoms with Crippen LogP contribution in [0.2, 0.25) is 0 Å². The first-order chi connectivity index (χ1) is 24.8. The Morgan fingerprint density at radius 2 is 1.36 bits per heavy atom. The minimum Gasteiger partial charge on any atom is -0.506 e. The monoisotopic (exact) mass is 790 g/mol. The van der Waals surface area contributed by atoms with Gasteiger partial charge in [0.1, 0.15) is 38.6 Å². The first-order valence-electron chi connectivity index (χ1n) is 16.0. The Hall–Kier alpha value is -5.73. The quantitative estimate of drug-likeness (QED) is 0.123. The van der Waals surface area contributed by atoms with Gasteiger partial charge in [-0.2, -0.15) is 0 Å². The lowest BCUT2D eigenvalue weighted by Gasteiger charge is -2.30. The minimum atomic E-state index is -2.43. The molecule has 1 atom stereocenters. The molecule has 0 saturated carbocycles. The number of esters is 3. The molecule has 5 rings (SSSR count). The van der Waals surface area contributed by atoms with Crippen LogP contribution in [0.15, 0.2) is 50.8 Å². The molecule has 1 aliphatic carbocycles. The van der Waals surface area contributed by atoms with Gasteiger partial charge in [-0.3, -0.25) is 4.79 Å². The summed E-state index contributed by atoms with van der Waals surface area (Å²) in [6.07, 6.45) is 3.34. The van der Waals surface area contributed by atoms with E-state index in [-0.39, 0.29) is 66.5 Å². The molecular formula is C39H35BrO13. The summed E-state index contributed by atoms with van der Waals surface area (Å²) in [5.74, 6) is -5.49. The largest absolute Gasteiger partial charge is 0.506 e. The summed E-state index contributed by atoms with van der Waals surface area (Å²) in [5, 5.41) is 32.5. The summed E-state index contributed by atoms with van der Waals surface area (Å²) in [7, 11) is 1.18. The molecule has 0 unspecified atom stereocenters. The maximum atomic E-state index is 13.7. The highest BCUT2D eigenvalue weighted by atomic mass is 79.9. The molecule has 0 spiro atoms. The average Bonchev–Trinajstić information content (AvgIpc) is 3.57. The second-order valence-electron chi connectivity index (χ2n) is 12.7. The summed E-state index contributed by atoms with van der Waals surface area (Å²) >= 11 is 3.20. The number of benzene rings is 3. The van der Waals surface area contributed by atoms with Gasteiger partial charge in [0.15, 0.2) is 17.1 Å². The Labute approximate surface area is 311 Å². The second-order valence-corrected chi connectivity index (χ2v) is 13.5. The van der Waals surface area contributed by atoms with Crippen LogP contribution in [0.25, 0.3) is 11.0 Å². The molecular weight excluding hydrogens is 756 g/mol. The van der Waals surface area contributed by atoms with Crippen molar-refractivity contribution in [3.8, 4) is 23.0 Å². The molecule has 53 heavy (non-hydrogen) atoms. The number of rotatable bonds is 8. The van der Waals surface area contributed by atoms with Crippen LogP contribution in [0.5, 0.6) is 23.0 Å². The third-order valence-electron chi connectivity index (χ3n) is 9.68. The van der Waals surface area contributed by atoms with Gasteiger partial charge in [0.25, 0.3) is 0 Å². The Bertz CT molecular complexity index is 2350. The summed E-state index contributed by atoms with van der Waals surface area (Å²) in [5.41, 5.74) is 0.0336. The highest BCUT2D eigenvalue weighted by Crippen LogP contribution is 2.44. The number of carbonyl (C=O) groups excluding carboxylic acids is 4. The molecule has 0 bridgehead atoms. The van der Waals surface area contributed by atoms with Crippen LogP contribution in [0, 0.1) is 48.5 Å². The van der Waals surface area contributed by atoms with E-state index in [1.165, 1.54) is 46.3 Å². The van der Waals surface area contributed by atoms with Crippen molar-refractivity contribution in [2.75, 3.05) is 7.11 Å². The maximum absolute atomic E-state index is 13.7. The van der Waals surface area contributed by atoms with Gasteiger partial charge in [-0.1, -0.05) is 0 Å². The second kappa shape index (κ2) is 14.0. The van der Waals surface area contributed by atoms with Crippen molar-refractivity contribution < 1.29 is 62.7 Å². The standard InChI is InChI=1S/C39H35BrO13/c1-15-12-25(17(3)18(4)27(15)36(45)52-32-21(7)20(6)29(35(43)44)34-24(32)10-11-50-34)51-37(46)28-19(5)22(8)33(30(40)31(28)42)53-38(47)39(48)16(2)13-23(41)14-26(39)49-9/h10-14,42,48H,1-9H3,(H,43,44)/t39-/m1/s1. The fourth-order valence-electron chi connectivity index (χ4n) is 6.27. The number of phenolic OH excluding ortho intramolecular Hbond substituents is 1. The molecule has 0 saturated heterocycles. The van der Waals surface area contributed by atoms with E-state index in [9.17, 15) is 39.3 Å². The third kappa shape index (κ3) is 6.27. The van der Waals surface area contributed by atoms with E-state index in [0.717, 1.165) is 12.2 Å². The predicted octanol–water partition coefficient (Wildman–Crippen LogP) is 6.89. The molecule has 276 valence electrons. The third-order valence-corrected chi connectivity index (χ3v) is 10.4. The van der Waals surface area contributed by atoms with Crippen molar-refractivity contribution in [3.05, 3.63) is 102 Å². The van der Waals surface area contributed by atoms with Crippen molar-refractivity contribution in [1.29, 1.82) is 0 Å². The molecule has 0 amide bonds. The molecule has 13 nitrogen and oxygen atoms in total. The van der Waals surface area contributed by atoms with E-state index in [1.54, 1.807) is 34.6 Å². The number of ether oxygens (including phenoxy) is 4. The highest BCUT2D eigenvalue weighted by Gasteiger charge is 2.48. The number of methoxy groups -OCH3 is 1. The zero-order valence-electron chi connectivity index (χ0n) is 30.2. The average molecular weight is 792 g/mol. The van der Waals surface area contributed by atoms with E-state index < -0.39 is 41.0 Å². The van der Waals surface area contributed by atoms with Crippen LogP contribution in [0.4, 0.5) is 0 Å². The normalized spacial score (nSPS) is 15.5. The van der Waals surface area contributed by atoms with Gasteiger partial charge in [-0.25, -0.2) is 19.2 Å². The molecule has 4 aromatic rings. The number of halogens is 1.